The molecule has 1 saturated heterocycles. The highest BCUT2D eigenvalue weighted by atomic mass is 35.5. The van der Waals surface area contributed by atoms with Crippen LogP contribution in [-0.4, -0.2) is 57.1 Å². The van der Waals surface area contributed by atoms with E-state index >= 15 is 0 Å². The van der Waals surface area contributed by atoms with E-state index in [0.717, 1.165) is 16.6 Å². The number of likely N-dealkylation sites (tertiary alicyclic amines) is 1. The SMILES string of the molecule is CO[C@@H]1CN(C(=O)c2c(Cl)c3ccccc3n2C)C[C@H]1c1cn[nH]n1. The first-order chi connectivity index (χ1) is 12.1. The highest BCUT2D eigenvalue weighted by molar-refractivity contribution is 6.38. The van der Waals surface area contributed by atoms with E-state index in [1.807, 2.05) is 35.9 Å². The molecule has 7 nitrogen and oxygen atoms in total. The van der Waals surface area contributed by atoms with Gasteiger partial charge in [0.15, 0.2) is 0 Å². The van der Waals surface area contributed by atoms with Crippen molar-refractivity contribution in [2.24, 2.45) is 7.05 Å². The maximum Gasteiger partial charge on any atom is 0.272 e. The number of ether oxygens (including phenoxy) is 1. The van der Waals surface area contributed by atoms with Crippen LogP contribution in [0.15, 0.2) is 30.5 Å². The van der Waals surface area contributed by atoms with E-state index in [2.05, 4.69) is 15.4 Å². The lowest BCUT2D eigenvalue weighted by Crippen LogP contribution is -2.31. The lowest BCUT2D eigenvalue weighted by molar-refractivity contribution is 0.0707. The fourth-order valence-corrected chi connectivity index (χ4v) is 3.95. The second-order valence-electron chi connectivity index (χ2n) is 6.22. The number of methoxy groups -OCH3 is 1. The number of benzene rings is 1. The summed E-state index contributed by atoms with van der Waals surface area (Å²) in [4.78, 5) is 14.9. The molecule has 1 amide bonds. The summed E-state index contributed by atoms with van der Waals surface area (Å²) in [6.45, 7) is 1.01. The minimum Gasteiger partial charge on any atom is -0.379 e. The number of para-hydroxylation sites is 1. The van der Waals surface area contributed by atoms with Gasteiger partial charge in [-0.05, 0) is 6.07 Å². The van der Waals surface area contributed by atoms with Crippen LogP contribution in [0.5, 0.6) is 0 Å². The van der Waals surface area contributed by atoms with Crippen molar-refractivity contribution in [2.75, 3.05) is 20.2 Å². The summed E-state index contributed by atoms with van der Waals surface area (Å²) < 4.78 is 7.42. The van der Waals surface area contributed by atoms with Crippen molar-refractivity contribution in [3.8, 4) is 0 Å². The number of carbonyl (C=O) groups is 1. The van der Waals surface area contributed by atoms with Gasteiger partial charge in [0.1, 0.15) is 5.69 Å². The summed E-state index contributed by atoms with van der Waals surface area (Å²) in [5.41, 5.74) is 2.23. The monoisotopic (exact) mass is 359 g/mol. The molecule has 3 aromatic rings. The van der Waals surface area contributed by atoms with Crippen LogP contribution in [0.4, 0.5) is 0 Å². The quantitative estimate of drug-likeness (QED) is 0.777. The van der Waals surface area contributed by atoms with Crippen molar-refractivity contribution >= 4 is 28.4 Å². The molecule has 2 atom stereocenters. The number of carbonyl (C=O) groups excluding carboxylic acids is 1. The van der Waals surface area contributed by atoms with Gasteiger partial charge >= 0.3 is 0 Å². The second kappa shape index (κ2) is 6.16. The van der Waals surface area contributed by atoms with Crippen LogP contribution in [0.3, 0.4) is 0 Å². The molecule has 1 aliphatic rings. The lowest BCUT2D eigenvalue weighted by atomic mass is 10.0. The van der Waals surface area contributed by atoms with Crippen molar-refractivity contribution in [3.63, 3.8) is 0 Å². The molecule has 1 aliphatic heterocycles. The van der Waals surface area contributed by atoms with Gasteiger partial charge in [0.2, 0.25) is 0 Å². The Balaban J connectivity index is 1.68. The molecule has 0 radical (unpaired) electrons. The van der Waals surface area contributed by atoms with Crippen LogP contribution in [0, 0.1) is 0 Å². The average Bonchev–Trinajstić information content (AvgIpc) is 3.34. The van der Waals surface area contributed by atoms with E-state index in [-0.39, 0.29) is 17.9 Å². The van der Waals surface area contributed by atoms with Gasteiger partial charge in [-0.15, -0.1) is 0 Å². The number of rotatable bonds is 3. The van der Waals surface area contributed by atoms with Gasteiger partial charge in [0.05, 0.1) is 28.9 Å². The maximum absolute atomic E-state index is 13.2. The van der Waals surface area contributed by atoms with Crippen LogP contribution in [-0.2, 0) is 11.8 Å². The molecule has 1 fully saturated rings. The predicted octanol–water partition coefficient (Wildman–Crippen LogP) is 2.20. The summed E-state index contributed by atoms with van der Waals surface area (Å²) in [7, 11) is 3.51. The zero-order chi connectivity index (χ0) is 17.6. The molecule has 8 heteroatoms. The fraction of sp³-hybridized carbons (Fsp3) is 0.353. The molecule has 0 spiro atoms. The normalized spacial score (nSPS) is 20.5. The number of fused-ring (bicyclic) bond motifs is 1. The summed E-state index contributed by atoms with van der Waals surface area (Å²) in [5.74, 6) is -0.113. The van der Waals surface area contributed by atoms with Gasteiger partial charge in [-0.25, -0.2) is 0 Å². The molecule has 0 aliphatic carbocycles. The summed E-state index contributed by atoms with van der Waals surface area (Å²) >= 11 is 6.51. The van der Waals surface area contributed by atoms with E-state index in [1.54, 1.807) is 18.2 Å². The van der Waals surface area contributed by atoms with E-state index in [1.165, 1.54) is 0 Å². The number of aromatic nitrogens is 4. The molecule has 4 rings (SSSR count). The Labute approximate surface area is 149 Å². The Morgan fingerprint density at radius 3 is 2.84 bits per heavy atom. The first-order valence-electron chi connectivity index (χ1n) is 8.02. The van der Waals surface area contributed by atoms with Crippen LogP contribution < -0.4 is 0 Å². The molecule has 130 valence electrons. The summed E-state index contributed by atoms with van der Waals surface area (Å²) in [6, 6.07) is 7.73. The van der Waals surface area contributed by atoms with Gasteiger partial charge < -0.3 is 14.2 Å². The number of hydrogen-bond acceptors (Lipinski definition) is 4. The Morgan fingerprint density at radius 2 is 2.16 bits per heavy atom. The highest BCUT2D eigenvalue weighted by Gasteiger charge is 2.39. The molecule has 1 aromatic carbocycles. The van der Waals surface area contributed by atoms with Gasteiger partial charge in [-0.1, -0.05) is 29.8 Å². The van der Waals surface area contributed by atoms with Gasteiger partial charge in [-0.2, -0.15) is 15.4 Å². The number of nitrogens with zero attached hydrogens (tertiary/aromatic N) is 4. The van der Waals surface area contributed by atoms with Crippen molar-refractivity contribution in [1.82, 2.24) is 24.9 Å². The third kappa shape index (κ3) is 2.51. The number of nitrogens with one attached hydrogen (secondary N) is 1. The highest BCUT2D eigenvalue weighted by Crippen LogP contribution is 2.33. The summed E-state index contributed by atoms with van der Waals surface area (Å²) in [6.07, 6.45) is 1.55. The van der Waals surface area contributed by atoms with Crippen molar-refractivity contribution in [3.05, 3.63) is 46.9 Å². The van der Waals surface area contributed by atoms with Gasteiger partial charge in [0, 0.05) is 38.1 Å². The predicted molar refractivity (Wildman–Crippen MR) is 93.8 cm³/mol. The average molecular weight is 360 g/mol. The van der Waals surface area contributed by atoms with Crippen LogP contribution >= 0.6 is 11.6 Å². The molecule has 0 bridgehead atoms. The minimum absolute atomic E-state index is 0.0128. The number of amides is 1. The standard InChI is InChI=1S/C17H18ClN5O2/c1-22-13-6-4-3-5-10(13)15(18)16(22)17(24)23-8-11(14(9-23)25-2)12-7-19-21-20-12/h3-7,11,14H,8-9H2,1-2H3,(H,19,20,21)/t11-,14+/m0/s1. The molecule has 3 heterocycles. The van der Waals surface area contributed by atoms with Crippen LogP contribution in [0.1, 0.15) is 22.1 Å². The third-order valence-electron chi connectivity index (χ3n) is 4.92. The zero-order valence-corrected chi connectivity index (χ0v) is 14.7. The largest absolute Gasteiger partial charge is 0.379 e. The minimum atomic E-state index is -0.123. The fourth-order valence-electron chi connectivity index (χ4n) is 3.59. The molecular formula is C17H18ClN5O2. The number of H-pyrrole nitrogens is 1. The van der Waals surface area contributed by atoms with Crippen molar-refractivity contribution in [1.29, 1.82) is 0 Å². The number of halogens is 1. The number of aromatic amines is 1. The first-order valence-corrected chi connectivity index (χ1v) is 8.40. The van der Waals surface area contributed by atoms with E-state index in [0.29, 0.717) is 23.8 Å². The number of hydrogen-bond donors (Lipinski definition) is 1. The van der Waals surface area contributed by atoms with E-state index in [9.17, 15) is 4.79 Å². The third-order valence-corrected chi connectivity index (χ3v) is 5.30. The zero-order valence-electron chi connectivity index (χ0n) is 13.9. The Bertz CT molecular complexity index is 882. The topological polar surface area (TPSA) is 76.0 Å². The molecule has 0 unspecified atom stereocenters. The van der Waals surface area contributed by atoms with E-state index in [4.69, 9.17) is 16.3 Å². The Hall–Kier alpha value is -2.38. The van der Waals surface area contributed by atoms with Crippen molar-refractivity contribution < 1.29 is 9.53 Å². The first kappa shape index (κ1) is 16.1. The Kier molecular flexibility index (Phi) is 3.97. The molecule has 1 N–H and O–H groups in total. The molecule has 0 saturated carbocycles. The summed E-state index contributed by atoms with van der Waals surface area (Å²) in [5, 5.41) is 12.0. The molecule has 25 heavy (non-hydrogen) atoms. The maximum atomic E-state index is 13.2. The van der Waals surface area contributed by atoms with Gasteiger partial charge in [-0.3, -0.25) is 4.79 Å². The van der Waals surface area contributed by atoms with Crippen LogP contribution in [0.2, 0.25) is 5.02 Å². The van der Waals surface area contributed by atoms with E-state index < -0.39 is 0 Å². The lowest BCUT2D eigenvalue weighted by Gasteiger charge is -2.17. The number of aryl methyl sites for hydroxylation is 1. The second-order valence-corrected chi connectivity index (χ2v) is 6.60. The van der Waals surface area contributed by atoms with Crippen molar-refractivity contribution in [2.45, 2.75) is 12.0 Å². The molecule has 2 aromatic heterocycles. The smallest absolute Gasteiger partial charge is 0.272 e. The van der Waals surface area contributed by atoms with Crippen LogP contribution in [0.25, 0.3) is 10.9 Å². The Morgan fingerprint density at radius 1 is 1.36 bits per heavy atom. The van der Waals surface area contributed by atoms with Gasteiger partial charge in [0.25, 0.3) is 5.91 Å². The molecular weight excluding hydrogens is 342 g/mol.